The zero-order chi connectivity index (χ0) is 22.2. The quantitative estimate of drug-likeness (QED) is 0.501. The van der Waals surface area contributed by atoms with Gasteiger partial charge in [-0.1, -0.05) is 0 Å². The number of nitrogens with two attached hydrogens (primary N) is 1. The Balaban J connectivity index is 1.20. The second kappa shape index (κ2) is 8.47. The second-order valence-corrected chi connectivity index (χ2v) is 8.65. The predicted octanol–water partition coefficient (Wildman–Crippen LogP) is 3.69. The van der Waals surface area contributed by atoms with Gasteiger partial charge in [0.2, 0.25) is 5.88 Å². The maximum Gasteiger partial charge on any atom is 0.225 e. The maximum absolute atomic E-state index is 6.48. The average Bonchev–Trinajstić information content (AvgIpc) is 3.34. The van der Waals surface area contributed by atoms with E-state index in [-0.39, 0.29) is 12.0 Å². The lowest BCUT2D eigenvalue weighted by atomic mass is 9.86. The molecule has 1 aliphatic carbocycles. The Kier molecular flexibility index (Phi) is 5.18. The molecule has 0 radical (unpaired) electrons. The number of rotatable bonds is 4. The number of fused-ring (bicyclic) bond motifs is 2. The first-order valence-corrected chi connectivity index (χ1v) is 11.5. The highest BCUT2D eigenvalue weighted by Crippen LogP contribution is 2.36. The molecule has 2 N–H and O–H groups in total. The third kappa shape index (κ3) is 3.93. The summed E-state index contributed by atoms with van der Waals surface area (Å²) in [6, 6.07) is 7.82. The van der Waals surface area contributed by atoms with Crippen molar-refractivity contribution in [2.45, 2.75) is 37.7 Å². The SMILES string of the molecule is Nc1nc(C2CCC(Oc3nc(N4CCOCC4)cc4ncccc34)CC2)nc2ccoc12. The van der Waals surface area contributed by atoms with E-state index in [0.717, 1.165) is 66.8 Å². The normalized spacial score (nSPS) is 21.5. The molecule has 0 bridgehead atoms. The van der Waals surface area contributed by atoms with Crippen LogP contribution in [0.4, 0.5) is 11.6 Å². The molecule has 4 aromatic rings. The minimum Gasteiger partial charge on any atom is -0.474 e. The molecule has 9 nitrogen and oxygen atoms in total. The lowest BCUT2D eigenvalue weighted by molar-refractivity contribution is 0.121. The van der Waals surface area contributed by atoms with Gasteiger partial charge >= 0.3 is 0 Å². The minimum absolute atomic E-state index is 0.0899. The highest BCUT2D eigenvalue weighted by Gasteiger charge is 2.27. The van der Waals surface area contributed by atoms with Gasteiger partial charge < -0.3 is 24.5 Å². The smallest absolute Gasteiger partial charge is 0.225 e. The first-order valence-electron chi connectivity index (χ1n) is 11.5. The maximum atomic E-state index is 6.48. The molecule has 1 saturated carbocycles. The van der Waals surface area contributed by atoms with Gasteiger partial charge in [-0.3, -0.25) is 4.98 Å². The minimum atomic E-state index is 0.0899. The van der Waals surface area contributed by atoms with E-state index in [2.05, 4.69) is 19.9 Å². The standard InChI is InChI=1S/C24H26N6O3/c25-22-21-18(7-11-32-21)27-23(29-22)15-3-5-16(6-4-15)33-24-17-2-1-8-26-19(17)14-20(28-24)30-9-12-31-13-10-30/h1-2,7-8,11,14-16H,3-6,9-10,12-13H2,(H2,25,27,29). The number of anilines is 2. The Hall–Kier alpha value is -3.46. The molecular weight excluding hydrogens is 420 g/mol. The summed E-state index contributed by atoms with van der Waals surface area (Å²) in [5, 5.41) is 0.943. The molecule has 170 valence electrons. The third-order valence-corrected chi connectivity index (χ3v) is 6.55. The number of hydrogen-bond donors (Lipinski definition) is 1. The van der Waals surface area contributed by atoms with Crippen molar-refractivity contribution in [1.29, 1.82) is 0 Å². The Labute approximate surface area is 190 Å². The number of furan rings is 1. The van der Waals surface area contributed by atoms with Crippen LogP contribution in [-0.4, -0.2) is 52.3 Å². The summed E-state index contributed by atoms with van der Waals surface area (Å²) in [5.74, 6) is 3.01. The van der Waals surface area contributed by atoms with Crippen molar-refractivity contribution < 1.29 is 13.9 Å². The van der Waals surface area contributed by atoms with E-state index in [9.17, 15) is 0 Å². The Morgan fingerprint density at radius 3 is 2.70 bits per heavy atom. The number of nitrogens with zero attached hydrogens (tertiary/aromatic N) is 5. The van der Waals surface area contributed by atoms with Crippen LogP contribution in [0.15, 0.2) is 41.1 Å². The predicted molar refractivity (Wildman–Crippen MR) is 124 cm³/mol. The van der Waals surface area contributed by atoms with Gasteiger partial charge in [0.1, 0.15) is 23.3 Å². The van der Waals surface area contributed by atoms with Gasteiger partial charge in [0.25, 0.3) is 0 Å². The average molecular weight is 447 g/mol. The highest BCUT2D eigenvalue weighted by atomic mass is 16.5. The zero-order valence-corrected chi connectivity index (χ0v) is 18.3. The van der Waals surface area contributed by atoms with E-state index in [1.165, 1.54) is 0 Å². The van der Waals surface area contributed by atoms with Crippen LogP contribution in [0.3, 0.4) is 0 Å². The molecule has 1 saturated heterocycles. The summed E-state index contributed by atoms with van der Waals surface area (Å²) in [7, 11) is 0. The van der Waals surface area contributed by atoms with Gasteiger partial charge in [-0.05, 0) is 37.8 Å². The van der Waals surface area contributed by atoms with Gasteiger partial charge in [-0.25, -0.2) is 9.97 Å². The monoisotopic (exact) mass is 446 g/mol. The summed E-state index contributed by atoms with van der Waals surface area (Å²) >= 11 is 0. The first-order chi connectivity index (χ1) is 16.2. The molecule has 4 aromatic heterocycles. The van der Waals surface area contributed by atoms with Crippen LogP contribution in [0.1, 0.15) is 37.4 Å². The molecule has 2 fully saturated rings. The second-order valence-electron chi connectivity index (χ2n) is 8.65. The molecule has 0 spiro atoms. The summed E-state index contributed by atoms with van der Waals surface area (Å²) in [5.41, 5.74) is 8.29. The number of morpholine rings is 1. The lowest BCUT2D eigenvalue weighted by Gasteiger charge is -2.30. The van der Waals surface area contributed by atoms with Gasteiger partial charge in [-0.2, -0.15) is 4.98 Å². The molecule has 33 heavy (non-hydrogen) atoms. The molecule has 6 rings (SSSR count). The van der Waals surface area contributed by atoms with Crippen LogP contribution in [0.2, 0.25) is 0 Å². The molecule has 9 heteroatoms. The van der Waals surface area contributed by atoms with Gasteiger partial charge in [0.15, 0.2) is 11.4 Å². The summed E-state index contributed by atoms with van der Waals surface area (Å²) in [6.45, 7) is 3.05. The zero-order valence-electron chi connectivity index (χ0n) is 18.3. The van der Waals surface area contributed by atoms with Crippen LogP contribution in [-0.2, 0) is 4.74 Å². The molecule has 0 amide bonds. The largest absolute Gasteiger partial charge is 0.474 e. The van der Waals surface area contributed by atoms with Crippen LogP contribution in [0, 0.1) is 0 Å². The molecule has 0 aromatic carbocycles. The van der Waals surface area contributed by atoms with Crippen LogP contribution in [0.25, 0.3) is 22.0 Å². The molecule has 0 unspecified atom stereocenters. The molecule has 0 atom stereocenters. The topological polar surface area (TPSA) is 112 Å². The number of ether oxygens (including phenoxy) is 2. The van der Waals surface area contributed by atoms with E-state index < -0.39 is 0 Å². The van der Waals surface area contributed by atoms with Crippen molar-refractivity contribution in [1.82, 2.24) is 19.9 Å². The fourth-order valence-corrected chi connectivity index (χ4v) is 4.76. The molecular formula is C24H26N6O3. The first kappa shape index (κ1) is 20.2. The number of hydrogen-bond acceptors (Lipinski definition) is 9. The summed E-state index contributed by atoms with van der Waals surface area (Å²) in [6.07, 6.45) is 7.18. The molecule has 5 heterocycles. The summed E-state index contributed by atoms with van der Waals surface area (Å²) < 4.78 is 17.3. The van der Waals surface area contributed by atoms with E-state index in [0.29, 0.717) is 30.5 Å². The lowest BCUT2D eigenvalue weighted by Crippen LogP contribution is -2.36. The summed E-state index contributed by atoms with van der Waals surface area (Å²) in [4.78, 5) is 20.9. The van der Waals surface area contributed by atoms with Crippen molar-refractivity contribution >= 4 is 33.6 Å². The Morgan fingerprint density at radius 2 is 1.85 bits per heavy atom. The number of aromatic nitrogens is 4. The fraction of sp³-hybridized carbons (Fsp3) is 0.417. The van der Waals surface area contributed by atoms with Crippen molar-refractivity contribution in [3.8, 4) is 5.88 Å². The van der Waals surface area contributed by atoms with Crippen LogP contribution >= 0.6 is 0 Å². The van der Waals surface area contributed by atoms with E-state index in [4.69, 9.17) is 24.6 Å². The van der Waals surface area contributed by atoms with Crippen molar-refractivity contribution in [3.63, 3.8) is 0 Å². The Morgan fingerprint density at radius 1 is 1.00 bits per heavy atom. The third-order valence-electron chi connectivity index (χ3n) is 6.55. The van der Waals surface area contributed by atoms with Gasteiger partial charge in [0.05, 0.1) is 30.4 Å². The number of nitrogen functional groups attached to an aromatic ring is 1. The Bertz CT molecular complexity index is 1280. The molecule has 1 aliphatic heterocycles. The fourth-order valence-electron chi connectivity index (χ4n) is 4.76. The van der Waals surface area contributed by atoms with E-state index >= 15 is 0 Å². The van der Waals surface area contributed by atoms with Gasteiger partial charge in [0, 0.05) is 37.3 Å². The number of pyridine rings is 2. The van der Waals surface area contributed by atoms with E-state index in [1.807, 2.05) is 30.5 Å². The van der Waals surface area contributed by atoms with Crippen LogP contribution in [0.5, 0.6) is 5.88 Å². The van der Waals surface area contributed by atoms with Gasteiger partial charge in [-0.15, -0.1) is 0 Å². The van der Waals surface area contributed by atoms with Crippen molar-refractivity contribution in [3.05, 3.63) is 42.5 Å². The van der Waals surface area contributed by atoms with E-state index in [1.54, 1.807) is 6.26 Å². The molecule has 2 aliphatic rings. The highest BCUT2D eigenvalue weighted by molar-refractivity contribution is 5.86. The van der Waals surface area contributed by atoms with Crippen molar-refractivity contribution in [2.24, 2.45) is 0 Å². The van der Waals surface area contributed by atoms with Crippen LogP contribution < -0.4 is 15.4 Å². The van der Waals surface area contributed by atoms with Crippen molar-refractivity contribution in [2.75, 3.05) is 36.9 Å².